The van der Waals surface area contributed by atoms with Crippen molar-refractivity contribution in [2.45, 2.75) is 25.7 Å². The number of nitrogens with zero attached hydrogens (tertiary/aromatic N) is 2. The highest BCUT2D eigenvalue weighted by molar-refractivity contribution is 6.03. The quantitative estimate of drug-likeness (QED) is 0.886. The molecule has 0 atom stereocenters. The Kier molecular flexibility index (Phi) is 4.37. The Bertz CT molecular complexity index is 595. The minimum atomic E-state index is -0.0356. The van der Waals surface area contributed by atoms with Gasteiger partial charge in [0.15, 0.2) is 0 Å². The maximum Gasteiger partial charge on any atom is 0.251 e. The summed E-state index contributed by atoms with van der Waals surface area (Å²) < 4.78 is 0. The average Bonchev–Trinajstić information content (AvgIpc) is 2.56. The third-order valence-electron chi connectivity index (χ3n) is 3.95. The number of nitrogens with one attached hydrogen (secondary N) is 2. The van der Waals surface area contributed by atoms with Gasteiger partial charge in [-0.3, -0.25) is 9.59 Å². The maximum absolute atomic E-state index is 12.1. The fourth-order valence-corrected chi connectivity index (χ4v) is 2.74. The predicted octanol–water partition coefficient (Wildman–Crippen LogP) is 1.46. The van der Waals surface area contributed by atoms with Crippen LogP contribution in [0.3, 0.4) is 0 Å². The number of anilines is 2. The number of hydrogen-bond acceptors (Lipinski definition) is 4. The number of pyridine rings is 1. The Labute approximate surface area is 129 Å². The lowest BCUT2D eigenvalue weighted by Crippen LogP contribution is -2.48. The summed E-state index contributed by atoms with van der Waals surface area (Å²) in [5.74, 6) is 0.728. The highest BCUT2D eigenvalue weighted by Gasteiger charge is 2.17. The number of carbonyl (C=O) groups excluding carboxylic acids is 2. The van der Waals surface area contributed by atoms with Gasteiger partial charge in [0.1, 0.15) is 5.82 Å². The van der Waals surface area contributed by atoms with Gasteiger partial charge in [-0.25, -0.2) is 4.98 Å². The summed E-state index contributed by atoms with van der Waals surface area (Å²) in [6.07, 6.45) is 7.73. The van der Waals surface area contributed by atoms with Crippen molar-refractivity contribution in [1.29, 1.82) is 0 Å². The molecular weight excluding hydrogens is 280 g/mol. The van der Waals surface area contributed by atoms with Gasteiger partial charge in [-0.1, -0.05) is 6.08 Å². The highest BCUT2D eigenvalue weighted by atomic mass is 16.2. The van der Waals surface area contributed by atoms with Crippen molar-refractivity contribution in [2.75, 3.05) is 29.9 Å². The first-order chi connectivity index (χ1) is 10.7. The zero-order valence-corrected chi connectivity index (χ0v) is 12.5. The molecule has 0 bridgehead atoms. The van der Waals surface area contributed by atoms with Crippen LogP contribution in [0.1, 0.15) is 25.7 Å². The molecule has 22 heavy (non-hydrogen) atoms. The van der Waals surface area contributed by atoms with E-state index in [0.717, 1.165) is 43.6 Å². The lowest BCUT2D eigenvalue weighted by molar-refractivity contribution is -0.120. The molecule has 0 radical (unpaired) electrons. The number of allylic oxidation sites excluding steroid dienone is 1. The molecule has 1 aliphatic heterocycles. The SMILES string of the molecule is O=C1CN(c2ccc(NC(=O)C3=CCCCC3)cn2)CCN1. The van der Waals surface area contributed by atoms with Crippen LogP contribution in [0, 0.1) is 0 Å². The Balaban J connectivity index is 1.62. The van der Waals surface area contributed by atoms with E-state index in [2.05, 4.69) is 15.6 Å². The Morgan fingerprint density at radius 1 is 1.32 bits per heavy atom. The van der Waals surface area contributed by atoms with Crippen molar-refractivity contribution in [3.8, 4) is 0 Å². The van der Waals surface area contributed by atoms with Gasteiger partial charge in [-0.05, 0) is 37.8 Å². The molecule has 0 saturated carbocycles. The highest BCUT2D eigenvalue weighted by Crippen LogP contribution is 2.20. The predicted molar refractivity (Wildman–Crippen MR) is 84.6 cm³/mol. The van der Waals surface area contributed by atoms with E-state index in [1.54, 1.807) is 6.20 Å². The van der Waals surface area contributed by atoms with Gasteiger partial charge in [0.05, 0.1) is 18.4 Å². The molecule has 6 nitrogen and oxygen atoms in total. The zero-order valence-electron chi connectivity index (χ0n) is 12.5. The van der Waals surface area contributed by atoms with E-state index >= 15 is 0 Å². The van der Waals surface area contributed by atoms with E-state index in [1.807, 2.05) is 23.1 Å². The Hall–Kier alpha value is -2.37. The monoisotopic (exact) mass is 300 g/mol. The van der Waals surface area contributed by atoms with E-state index in [4.69, 9.17) is 0 Å². The molecular formula is C16H20N4O2. The molecule has 1 aromatic heterocycles. The van der Waals surface area contributed by atoms with Crippen LogP contribution in [0.5, 0.6) is 0 Å². The lowest BCUT2D eigenvalue weighted by atomic mass is 9.99. The average molecular weight is 300 g/mol. The van der Waals surface area contributed by atoms with Crippen LogP contribution in [0.25, 0.3) is 0 Å². The van der Waals surface area contributed by atoms with Crippen LogP contribution in [0.2, 0.25) is 0 Å². The maximum atomic E-state index is 12.1. The van der Waals surface area contributed by atoms with E-state index in [-0.39, 0.29) is 11.8 Å². The summed E-state index contributed by atoms with van der Waals surface area (Å²) in [5, 5.41) is 5.67. The second kappa shape index (κ2) is 6.60. The Morgan fingerprint density at radius 3 is 2.91 bits per heavy atom. The third-order valence-corrected chi connectivity index (χ3v) is 3.95. The number of rotatable bonds is 3. The molecule has 116 valence electrons. The van der Waals surface area contributed by atoms with Gasteiger partial charge >= 0.3 is 0 Å². The molecule has 1 fully saturated rings. The molecule has 1 saturated heterocycles. The first-order valence-corrected chi connectivity index (χ1v) is 7.70. The van der Waals surface area contributed by atoms with Gasteiger partial charge < -0.3 is 15.5 Å². The smallest absolute Gasteiger partial charge is 0.251 e. The molecule has 2 N–H and O–H groups in total. The van der Waals surface area contributed by atoms with Gasteiger partial charge in [0.25, 0.3) is 5.91 Å². The van der Waals surface area contributed by atoms with Crippen molar-refractivity contribution in [3.63, 3.8) is 0 Å². The van der Waals surface area contributed by atoms with Crippen molar-refractivity contribution in [1.82, 2.24) is 10.3 Å². The minimum absolute atomic E-state index is 0.00895. The van der Waals surface area contributed by atoms with E-state index in [9.17, 15) is 9.59 Å². The number of amides is 2. The molecule has 6 heteroatoms. The molecule has 1 aliphatic carbocycles. The molecule has 2 heterocycles. The van der Waals surface area contributed by atoms with E-state index in [0.29, 0.717) is 18.8 Å². The largest absolute Gasteiger partial charge is 0.353 e. The fraction of sp³-hybridized carbons (Fsp3) is 0.438. The summed E-state index contributed by atoms with van der Waals surface area (Å²) in [6, 6.07) is 3.67. The lowest BCUT2D eigenvalue weighted by Gasteiger charge is -2.27. The second-order valence-corrected chi connectivity index (χ2v) is 5.61. The van der Waals surface area contributed by atoms with Crippen LogP contribution in [-0.4, -0.2) is 36.4 Å². The summed E-state index contributed by atoms with van der Waals surface area (Å²) in [4.78, 5) is 29.8. The fourth-order valence-electron chi connectivity index (χ4n) is 2.74. The van der Waals surface area contributed by atoms with Gasteiger partial charge in [0.2, 0.25) is 5.91 Å². The molecule has 2 amide bonds. The topological polar surface area (TPSA) is 74.3 Å². The third kappa shape index (κ3) is 3.44. The number of hydrogen-bond donors (Lipinski definition) is 2. The van der Waals surface area contributed by atoms with Crippen molar-refractivity contribution in [3.05, 3.63) is 30.0 Å². The van der Waals surface area contributed by atoms with E-state index in [1.165, 1.54) is 0 Å². The first-order valence-electron chi connectivity index (χ1n) is 7.70. The second-order valence-electron chi connectivity index (χ2n) is 5.61. The van der Waals surface area contributed by atoms with Gasteiger partial charge in [0, 0.05) is 18.7 Å². The molecule has 0 unspecified atom stereocenters. The number of aromatic nitrogens is 1. The van der Waals surface area contributed by atoms with Crippen LogP contribution >= 0.6 is 0 Å². The molecule has 1 aromatic rings. The molecule has 3 rings (SSSR count). The summed E-state index contributed by atoms with van der Waals surface area (Å²) in [6.45, 7) is 1.70. The minimum Gasteiger partial charge on any atom is -0.353 e. The van der Waals surface area contributed by atoms with Crippen LogP contribution in [0.4, 0.5) is 11.5 Å². The molecule has 0 spiro atoms. The molecule has 2 aliphatic rings. The van der Waals surface area contributed by atoms with Crippen LogP contribution in [0.15, 0.2) is 30.0 Å². The first kappa shape index (κ1) is 14.6. The van der Waals surface area contributed by atoms with Crippen LogP contribution < -0.4 is 15.5 Å². The van der Waals surface area contributed by atoms with Gasteiger partial charge in [-0.2, -0.15) is 0 Å². The summed E-state index contributed by atoms with van der Waals surface area (Å²) in [7, 11) is 0. The van der Waals surface area contributed by atoms with Crippen LogP contribution in [-0.2, 0) is 9.59 Å². The summed E-state index contributed by atoms with van der Waals surface area (Å²) >= 11 is 0. The van der Waals surface area contributed by atoms with E-state index < -0.39 is 0 Å². The Morgan fingerprint density at radius 2 is 2.23 bits per heavy atom. The van der Waals surface area contributed by atoms with Crippen molar-refractivity contribution >= 4 is 23.3 Å². The van der Waals surface area contributed by atoms with Crippen molar-refractivity contribution in [2.24, 2.45) is 0 Å². The standard InChI is InChI=1S/C16H20N4O2/c21-15-11-20(9-8-17-15)14-7-6-13(10-18-14)19-16(22)12-4-2-1-3-5-12/h4,6-7,10H,1-3,5,8-9,11H2,(H,17,21)(H,19,22). The normalized spacial score (nSPS) is 18.5. The number of carbonyl (C=O) groups is 2. The number of piperazine rings is 1. The van der Waals surface area contributed by atoms with Crippen molar-refractivity contribution < 1.29 is 9.59 Å². The zero-order chi connectivity index (χ0) is 15.4. The van der Waals surface area contributed by atoms with Gasteiger partial charge in [-0.15, -0.1) is 0 Å². The summed E-state index contributed by atoms with van der Waals surface area (Å²) in [5.41, 5.74) is 1.55. The molecule has 0 aromatic carbocycles.